The Kier molecular flexibility index (Phi) is 4.91. The molecule has 5 nitrogen and oxygen atoms in total. The van der Waals surface area contributed by atoms with Crippen molar-refractivity contribution in [1.82, 2.24) is 4.90 Å². The van der Waals surface area contributed by atoms with Crippen molar-refractivity contribution in [3.05, 3.63) is 0 Å². The summed E-state index contributed by atoms with van der Waals surface area (Å²) in [6, 6.07) is 0. The van der Waals surface area contributed by atoms with Crippen LogP contribution in [0, 0.1) is 5.92 Å². The fourth-order valence-electron chi connectivity index (χ4n) is 2.31. The molecule has 1 heterocycles. The summed E-state index contributed by atoms with van der Waals surface area (Å²) in [6.45, 7) is 5.15. The highest BCUT2D eigenvalue weighted by atomic mass is 16.5. The average Bonchev–Trinajstić information content (AvgIpc) is 2.28. The van der Waals surface area contributed by atoms with Crippen LogP contribution in [0.25, 0.3) is 0 Å². The Labute approximate surface area is 102 Å². The lowest BCUT2D eigenvalue weighted by Crippen LogP contribution is -2.50. The van der Waals surface area contributed by atoms with Gasteiger partial charge in [-0.25, -0.2) is 4.79 Å². The Morgan fingerprint density at radius 3 is 2.47 bits per heavy atom. The molecule has 0 aliphatic carbocycles. The van der Waals surface area contributed by atoms with Crippen LogP contribution in [-0.4, -0.2) is 59.5 Å². The summed E-state index contributed by atoms with van der Waals surface area (Å²) >= 11 is 0. The molecule has 0 radical (unpaired) electrons. The van der Waals surface area contributed by atoms with Gasteiger partial charge in [0.15, 0.2) is 5.60 Å². The van der Waals surface area contributed by atoms with Crippen molar-refractivity contribution in [3.8, 4) is 0 Å². The molecule has 2 N–H and O–H groups in total. The Hall–Kier alpha value is -0.650. The first kappa shape index (κ1) is 14.4. The molecule has 0 aromatic carbocycles. The van der Waals surface area contributed by atoms with Gasteiger partial charge in [-0.2, -0.15) is 0 Å². The topological polar surface area (TPSA) is 70.0 Å². The van der Waals surface area contributed by atoms with Crippen molar-refractivity contribution < 1.29 is 19.7 Å². The second kappa shape index (κ2) is 5.80. The van der Waals surface area contributed by atoms with Gasteiger partial charge in [0.25, 0.3) is 0 Å². The molecule has 5 heteroatoms. The Bertz CT molecular complexity index is 257. The number of β-amino-alcohol motifs (C(OH)–C–C–N with tert-alkyl or cyclic N) is 1. The van der Waals surface area contributed by atoms with Crippen molar-refractivity contribution in [2.45, 2.75) is 38.4 Å². The molecular weight excluding hydrogens is 222 g/mol. The second-order valence-corrected chi connectivity index (χ2v) is 5.12. The van der Waals surface area contributed by atoms with E-state index < -0.39 is 11.6 Å². The number of esters is 1. The molecule has 1 aliphatic rings. The first-order valence-electron chi connectivity index (χ1n) is 6.08. The minimum absolute atomic E-state index is 0.279. The zero-order valence-electron chi connectivity index (χ0n) is 10.8. The number of ether oxygens (including phenoxy) is 1. The SMILES string of the molecule is COC(=O)C(C)(O)CN1CCC(C(C)O)CC1. The smallest absolute Gasteiger partial charge is 0.338 e. The van der Waals surface area contributed by atoms with Crippen LogP contribution in [0.4, 0.5) is 0 Å². The molecule has 0 amide bonds. The van der Waals surface area contributed by atoms with E-state index in [0.29, 0.717) is 5.92 Å². The lowest BCUT2D eigenvalue weighted by Gasteiger charge is -2.36. The summed E-state index contributed by atoms with van der Waals surface area (Å²) < 4.78 is 4.56. The highest BCUT2D eigenvalue weighted by molar-refractivity contribution is 5.78. The molecule has 0 spiro atoms. The van der Waals surface area contributed by atoms with Gasteiger partial charge in [-0.15, -0.1) is 0 Å². The number of piperidine rings is 1. The third-order valence-electron chi connectivity index (χ3n) is 3.47. The number of carbonyl (C=O) groups is 1. The maximum Gasteiger partial charge on any atom is 0.338 e. The second-order valence-electron chi connectivity index (χ2n) is 5.12. The van der Waals surface area contributed by atoms with Crippen molar-refractivity contribution in [1.29, 1.82) is 0 Å². The van der Waals surface area contributed by atoms with Crippen LogP contribution in [0.5, 0.6) is 0 Å². The van der Waals surface area contributed by atoms with Gasteiger partial charge in [-0.05, 0) is 45.7 Å². The summed E-state index contributed by atoms with van der Waals surface area (Å²) in [5.41, 5.74) is -1.45. The van der Waals surface area contributed by atoms with E-state index in [-0.39, 0.29) is 12.6 Å². The van der Waals surface area contributed by atoms with Crippen LogP contribution < -0.4 is 0 Å². The van der Waals surface area contributed by atoms with Crippen molar-refractivity contribution in [2.24, 2.45) is 5.92 Å². The van der Waals surface area contributed by atoms with Crippen LogP contribution >= 0.6 is 0 Å². The first-order valence-corrected chi connectivity index (χ1v) is 6.08. The number of methoxy groups -OCH3 is 1. The minimum Gasteiger partial charge on any atom is -0.467 e. The normalized spacial score (nSPS) is 24.1. The highest BCUT2D eigenvalue weighted by Crippen LogP contribution is 2.22. The van der Waals surface area contributed by atoms with Crippen molar-refractivity contribution in [3.63, 3.8) is 0 Å². The molecule has 1 saturated heterocycles. The molecule has 0 aromatic heterocycles. The predicted molar refractivity (Wildman–Crippen MR) is 63.5 cm³/mol. The summed E-state index contributed by atoms with van der Waals surface area (Å²) in [5.74, 6) is -0.274. The number of hydrogen-bond acceptors (Lipinski definition) is 5. The summed E-state index contributed by atoms with van der Waals surface area (Å²) in [4.78, 5) is 13.4. The molecule has 0 saturated carbocycles. The van der Waals surface area contributed by atoms with E-state index in [0.717, 1.165) is 25.9 Å². The number of aliphatic hydroxyl groups is 2. The van der Waals surface area contributed by atoms with E-state index in [1.165, 1.54) is 14.0 Å². The average molecular weight is 245 g/mol. The number of likely N-dealkylation sites (tertiary alicyclic amines) is 1. The third kappa shape index (κ3) is 3.94. The predicted octanol–water partition coefficient (Wildman–Crippen LogP) is 0.00320. The van der Waals surface area contributed by atoms with Crippen LogP contribution in [-0.2, 0) is 9.53 Å². The van der Waals surface area contributed by atoms with E-state index in [1.807, 2.05) is 11.8 Å². The van der Waals surface area contributed by atoms with Crippen LogP contribution in [0.2, 0.25) is 0 Å². The van der Waals surface area contributed by atoms with Gasteiger partial charge in [-0.3, -0.25) is 4.90 Å². The minimum atomic E-state index is -1.45. The Morgan fingerprint density at radius 2 is 2.06 bits per heavy atom. The van der Waals surface area contributed by atoms with Gasteiger partial charge in [-0.1, -0.05) is 0 Å². The van der Waals surface area contributed by atoms with Gasteiger partial charge in [0.05, 0.1) is 13.2 Å². The summed E-state index contributed by atoms with van der Waals surface area (Å²) in [6.07, 6.45) is 1.52. The van der Waals surface area contributed by atoms with Gasteiger partial charge in [0.1, 0.15) is 0 Å². The molecule has 0 aromatic rings. The number of nitrogens with zero attached hydrogens (tertiary/aromatic N) is 1. The fourth-order valence-corrected chi connectivity index (χ4v) is 2.31. The summed E-state index contributed by atoms with van der Waals surface area (Å²) in [5, 5.41) is 19.4. The maximum absolute atomic E-state index is 11.3. The standard InChI is InChI=1S/C12H23NO4/c1-9(14)10-4-6-13(7-5-10)8-12(2,16)11(15)17-3/h9-10,14,16H,4-8H2,1-3H3. The molecule has 2 atom stereocenters. The molecule has 1 fully saturated rings. The molecular formula is C12H23NO4. The molecule has 17 heavy (non-hydrogen) atoms. The quantitative estimate of drug-likeness (QED) is 0.682. The van der Waals surface area contributed by atoms with Crippen LogP contribution in [0.1, 0.15) is 26.7 Å². The number of carbonyl (C=O) groups excluding carboxylic acids is 1. The van der Waals surface area contributed by atoms with E-state index in [9.17, 15) is 15.0 Å². The maximum atomic E-state index is 11.3. The van der Waals surface area contributed by atoms with Crippen molar-refractivity contribution >= 4 is 5.97 Å². The van der Waals surface area contributed by atoms with Crippen LogP contribution in [0.3, 0.4) is 0 Å². The van der Waals surface area contributed by atoms with E-state index in [2.05, 4.69) is 4.74 Å². The fraction of sp³-hybridized carbons (Fsp3) is 0.917. The Morgan fingerprint density at radius 1 is 1.53 bits per heavy atom. The van der Waals surface area contributed by atoms with Crippen molar-refractivity contribution in [2.75, 3.05) is 26.7 Å². The van der Waals surface area contributed by atoms with E-state index in [4.69, 9.17) is 0 Å². The zero-order chi connectivity index (χ0) is 13.1. The van der Waals surface area contributed by atoms with Gasteiger partial charge >= 0.3 is 5.97 Å². The monoisotopic (exact) mass is 245 g/mol. The lowest BCUT2D eigenvalue weighted by molar-refractivity contribution is -0.162. The largest absolute Gasteiger partial charge is 0.467 e. The number of aliphatic hydroxyl groups excluding tert-OH is 1. The van der Waals surface area contributed by atoms with E-state index in [1.54, 1.807) is 0 Å². The Balaban J connectivity index is 2.42. The van der Waals surface area contributed by atoms with Gasteiger partial charge < -0.3 is 14.9 Å². The zero-order valence-corrected chi connectivity index (χ0v) is 10.8. The summed E-state index contributed by atoms with van der Waals surface area (Å²) in [7, 11) is 1.27. The number of rotatable bonds is 4. The molecule has 0 bridgehead atoms. The first-order chi connectivity index (χ1) is 7.86. The number of hydrogen-bond donors (Lipinski definition) is 2. The molecule has 2 unspecified atom stereocenters. The lowest BCUT2D eigenvalue weighted by atomic mass is 9.91. The van der Waals surface area contributed by atoms with Gasteiger partial charge in [0.2, 0.25) is 0 Å². The highest BCUT2D eigenvalue weighted by Gasteiger charge is 2.35. The molecule has 1 aliphatic heterocycles. The molecule has 100 valence electrons. The molecule has 1 rings (SSSR count). The van der Waals surface area contributed by atoms with Crippen LogP contribution in [0.15, 0.2) is 0 Å². The van der Waals surface area contributed by atoms with Gasteiger partial charge in [0, 0.05) is 6.54 Å². The van der Waals surface area contributed by atoms with E-state index >= 15 is 0 Å². The third-order valence-corrected chi connectivity index (χ3v) is 3.47.